The number of nitriles is 1. The molecule has 0 bridgehead atoms. The third-order valence-electron chi connectivity index (χ3n) is 4.30. The molecule has 1 atom stereocenters. The van der Waals surface area contributed by atoms with Crippen molar-refractivity contribution in [1.82, 2.24) is 9.80 Å². The Morgan fingerprint density at radius 2 is 2.05 bits per heavy atom. The van der Waals surface area contributed by atoms with Gasteiger partial charge in [0, 0.05) is 38.8 Å². The second-order valence-electron chi connectivity index (χ2n) is 5.79. The number of nitrogens with zero attached hydrogens (tertiary/aromatic N) is 3. The number of ether oxygens (including phenoxy) is 1. The Morgan fingerprint density at radius 3 is 2.81 bits per heavy atom. The summed E-state index contributed by atoms with van der Waals surface area (Å²) in [5, 5.41) is 8.91. The van der Waals surface area contributed by atoms with Crippen LogP contribution >= 0.6 is 0 Å². The number of morpholine rings is 1. The summed E-state index contributed by atoms with van der Waals surface area (Å²) in [6.45, 7) is 6.43. The number of hydrogen-bond donors (Lipinski definition) is 0. The van der Waals surface area contributed by atoms with Crippen molar-refractivity contribution < 1.29 is 9.13 Å². The molecule has 1 aromatic carbocycles. The Labute approximate surface area is 124 Å². The van der Waals surface area contributed by atoms with E-state index in [0.717, 1.165) is 51.4 Å². The van der Waals surface area contributed by atoms with E-state index < -0.39 is 0 Å². The molecule has 0 amide bonds. The average molecular weight is 289 g/mol. The van der Waals surface area contributed by atoms with Gasteiger partial charge in [0.15, 0.2) is 0 Å². The van der Waals surface area contributed by atoms with Crippen LogP contribution < -0.4 is 0 Å². The first-order chi connectivity index (χ1) is 10.2. The van der Waals surface area contributed by atoms with Crippen LogP contribution in [0.25, 0.3) is 0 Å². The van der Waals surface area contributed by atoms with Crippen molar-refractivity contribution in [3.05, 3.63) is 35.1 Å². The lowest BCUT2D eigenvalue weighted by molar-refractivity contribution is 0.0184. The van der Waals surface area contributed by atoms with Gasteiger partial charge in [-0.2, -0.15) is 5.26 Å². The minimum Gasteiger partial charge on any atom is -0.379 e. The molecule has 0 aliphatic carbocycles. The molecule has 0 saturated carbocycles. The lowest BCUT2D eigenvalue weighted by Gasteiger charge is -2.32. The van der Waals surface area contributed by atoms with Crippen LogP contribution in [-0.2, 0) is 11.3 Å². The van der Waals surface area contributed by atoms with Gasteiger partial charge in [0.1, 0.15) is 5.82 Å². The van der Waals surface area contributed by atoms with Crippen LogP contribution in [0.5, 0.6) is 0 Å². The lowest BCUT2D eigenvalue weighted by atomic mass is 10.1. The summed E-state index contributed by atoms with van der Waals surface area (Å²) < 4.78 is 18.9. The van der Waals surface area contributed by atoms with Gasteiger partial charge >= 0.3 is 0 Å². The highest BCUT2D eigenvalue weighted by atomic mass is 19.1. The third-order valence-corrected chi connectivity index (χ3v) is 4.30. The first-order valence-electron chi connectivity index (χ1n) is 7.48. The van der Waals surface area contributed by atoms with E-state index in [0.29, 0.717) is 18.2 Å². The van der Waals surface area contributed by atoms with Crippen LogP contribution in [0.15, 0.2) is 18.2 Å². The van der Waals surface area contributed by atoms with Gasteiger partial charge in [0.2, 0.25) is 0 Å². The summed E-state index contributed by atoms with van der Waals surface area (Å²) in [6, 6.07) is 7.19. The summed E-state index contributed by atoms with van der Waals surface area (Å²) >= 11 is 0. The van der Waals surface area contributed by atoms with Crippen molar-refractivity contribution in [2.24, 2.45) is 0 Å². The summed E-state index contributed by atoms with van der Waals surface area (Å²) in [4.78, 5) is 4.84. The van der Waals surface area contributed by atoms with Gasteiger partial charge in [-0.1, -0.05) is 0 Å². The van der Waals surface area contributed by atoms with E-state index in [1.807, 2.05) is 6.07 Å². The van der Waals surface area contributed by atoms with Crippen molar-refractivity contribution in [2.45, 2.75) is 19.0 Å². The number of rotatable bonds is 3. The molecule has 2 saturated heterocycles. The fraction of sp³-hybridized carbons (Fsp3) is 0.562. The summed E-state index contributed by atoms with van der Waals surface area (Å²) in [6.07, 6.45) is 1.15. The molecule has 21 heavy (non-hydrogen) atoms. The second kappa shape index (κ2) is 6.52. The lowest BCUT2D eigenvalue weighted by Crippen LogP contribution is -2.44. The molecule has 5 heteroatoms. The van der Waals surface area contributed by atoms with E-state index in [2.05, 4.69) is 9.80 Å². The molecule has 2 fully saturated rings. The normalized spacial score (nSPS) is 24.1. The van der Waals surface area contributed by atoms with E-state index in [-0.39, 0.29) is 5.82 Å². The highest BCUT2D eigenvalue weighted by molar-refractivity contribution is 5.33. The van der Waals surface area contributed by atoms with Gasteiger partial charge in [-0.3, -0.25) is 9.80 Å². The number of hydrogen-bond acceptors (Lipinski definition) is 4. The number of likely N-dealkylation sites (tertiary alicyclic amines) is 1. The molecular weight excluding hydrogens is 269 g/mol. The maximum Gasteiger partial charge on any atom is 0.124 e. The van der Waals surface area contributed by atoms with Gasteiger partial charge in [-0.05, 0) is 30.2 Å². The highest BCUT2D eigenvalue weighted by Crippen LogP contribution is 2.20. The van der Waals surface area contributed by atoms with E-state index in [1.165, 1.54) is 12.1 Å². The van der Waals surface area contributed by atoms with Crippen molar-refractivity contribution in [3.8, 4) is 6.07 Å². The number of halogens is 1. The largest absolute Gasteiger partial charge is 0.379 e. The first kappa shape index (κ1) is 14.5. The zero-order chi connectivity index (χ0) is 14.7. The smallest absolute Gasteiger partial charge is 0.124 e. The van der Waals surface area contributed by atoms with Crippen LogP contribution in [0, 0.1) is 17.1 Å². The fourth-order valence-electron chi connectivity index (χ4n) is 3.26. The second-order valence-corrected chi connectivity index (χ2v) is 5.79. The van der Waals surface area contributed by atoms with Crippen molar-refractivity contribution >= 4 is 0 Å². The monoisotopic (exact) mass is 289 g/mol. The summed E-state index contributed by atoms with van der Waals surface area (Å²) in [5.41, 5.74) is 1.28. The third kappa shape index (κ3) is 3.59. The maximum absolute atomic E-state index is 13.5. The SMILES string of the molecule is N#Cc1cc(F)cc(CN2CCC(N3CCOCC3)C2)c1. The van der Waals surface area contributed by atoms with Crippen LogP contribution in [-0.4, -0.2) is 55.2 Å². The minimum atomic E-state index is -0.326. The first-order valence-corrected chi connectivity index (χ1v) is 7.48. The van der Waals surface area contributed by atoms with E-state index in [4.69, 9.17) is 10.00 Å². The Hall–Kier alpha value is -1.48. The molecule has 2 aliphatic rings. The van der Waals surface area contributed by atoms with E-state index in [9.17, 15) is 4.39 Å². The Morgan fingerprint density at radius 1 is 1.24 bits per heavy atom. The van der Waals surface area contributed by atoms with Crippen LogP contribution in [0.2, 0.25) is 0 Å². The summed E-state index contributed by atoms with van der Waals surface area (Å²) in [5.74, 6) is -0.326. The highest BCUT2D eigenvalue weighted by Gasteiger charge is 2.28. The topological polar surface area (TPSA) is 39.5 Å². The molecule has 112 valence electrons. The molecule has 0 spiro atoms. The van der Waals surface area contributed by atoms with Gasteiger partial charge in [0.25, 0.3) is 0 Å². The van der Waals surface area contributed by atoms with Gasteiger partial charge in [-0.15, -0.1) is 0 Å². The molecule has 4 nitrogen and oxygen atoms in total. The predicted molar refractivity (Wildman–Crippen MR) is 77.2 cm³/mol. The molecule has 0 aromatic heterocycles. The fourth-order valence-corrected chi connectivity index (χ4v) is 3.26. The predicted octanol–water partition coefficient (Wildman–Crippen LogP) is 1.60. The van der Waals surface area contributed by atoms with Crippen LogP contribution in [0.3, 0.4) is 0 Å². The Balaban J connectivity index is 1.59. The average Bonchev–Trinajstić information content (AvgIpc) is 2.96. The Kier molecular flexibility index (Phi) is 4.49. The van der Waals surface area contributed by atoms with Crippen molar-refractivity contribution in [3.63, 3.8) is 0 Å². The van der Waals surface area contributed by atoms with E-state index >= 15 is 0 Å². The molecule has 0 radical (unpaired) electrons. The molecule has 1 aromatic rings. The van der Waals surface area contributed by atoms with Crippen LogP contribution in [0.1, 0.15) is 17.5 Å². The minimum absolute atomic E-state index is 0.326. The van der Waals surface area contributed by atoms with Crippen molar-refractivity contribution in [2.75, 3.05) is 39.4 Å². The molecule has 2 heterocycles. The van der Waals surface area contributed by atoms with Gasteiger partial charge in [-0.25, -0.2) is 4.39 Å². The molecule has 1 unspecified atom stereocenters. The number of benzene rings is 1. The molecule has 2 aliphatic heterocycles. The molecule has 3 rings (SSSR count). The quantitative estimate of drug-likeness (QED) is 0.847. The maximum atomic E-state index is 13.5. The van der Waals surface area contributed by atoms with Crippen molar-refractivity contribution in [1.29, 1.82) is 5.26 Å². The zero-order valence-corrected chi connectivity index (χ0v) is 12.1. The standard InChI is InChI=1S/C16H20FN3O/c17-15-8-13(10-18)7-14(9-15)11-19-2-1-16(12-19)20-3-5-21-6-4-20/h7-9,16H,1-6,11-12H2. The molecular formula is C16H20FN3O. The van der Waals surface area contributed by atoms with Gasteiger partial charge < -0.3 is 4.74 Å². The van der Waals surface area contributed by atoms with Crippen LogP contribution in [0.4, 0.5) is 4.39 Å². The zero-order valence-electron chi connectivity index (χ0n) is 12.1. The van der Waals surface area contributed by atoms with Gasteiger partial charge in [0.05, 0.1) is 24.8 Å². The van der Waals surface area contributed by atoms with E-state index in [1.54, 1.807) is 6.07 Å². The summed E-state index contributed by atoms with van der Waals surface area (Å²) in [7, 11) is 0. The molecule has 0 N–H and O–H groups in total. The Bertz CT molecular complexity index is 537.